The molecule has 2 aromatic rings. The molecule has 1 aliphatic heterocycles. The molecule has 1 saturated heterocycles. The molecule has 1 atom stereocenters. The van der Waals surface area contributed by atoms with Gasteiger partial charge in [0.2, 0.25) is 17.7 Å². The van der Waals surface area contributed by atoms with Gasteiger partial charge in [0, 0.05) is 20.4 Å². The number of carbonyl (C=O) groups excluding carboxylic acids is 1. The number of amides is 1. The van der Waals surface area contributed by atoms with Gasteiger partial charge in [0.25, 0.3) is 0 Å². The van der Waals surface area contributed by atoms with Crippen molar-refractivity contribution in [3.8, 4) is 0 Å². The standard InChI is InChI=1S/C13H15ClN6O2/c1-8(21)18-13(11-17-9(2)22-19-11)3-4-20(7-13)12-15-5-10(14)6-16-12/h5-6H,3-4,7H2,1-2H3,(H,18,21)/t13-/m1/s1. The van der Waals surface area contributed by atoms with E-state index in [1.54, 1.807) is 19.3 Å². The first-order valence-electron chi connectivity index (χ1n) is 6.80. The van der Waals surface area contributed by atoms with Gasteiger partial charge in [0.1, 0.15) is 5.54 Å². The van der Waals surface area contributed by atoms with E-state index in [4.69, 9.17) is 16.1 Å². The summed E-state index contributed by atoms with van der Waals surface area (Å²) in [6, 6.07) is 0. The first kappa shape index (κ1) is 14.7. The number of aromatic nitrogens is 4. The third kappa shape index (κ3) is 2.74. The first-order valence-corrected chi connectivity index (χ1v) is 7.18. The van der Waals surface area contributed by atoms with Crippen LogP contribution in [-0.4, -0.2) is 39.1 Å². The SMILES string of the molecule is CC(=O)N[C@]1(c2noc(C)n2)CCN(c2ncc(Cl)cn2)C1. The molecule has 0 aliphatic carbocycles. The van der Waals surface area contributed by atoms with E-state index >= 15 is 0 Å². The maximum atomic E-state index is 11.6. The van der Waals surface area contributed by atoms with Crippen molar-refractivity contribution in [2.45, 2.75) is 25.8 Å². The highest BCUT2D eigenvalue weighted by Crippen LogP contribution is 2.32. The van der Waals surface area contributed by atoms with Crippen molar-refractivity contribution in [3.05, 3.63) is 29.1 Å². The van der Waals surface area contributed by atoms with Crippen molar-refractivity contribution in [3.63, 3.8) is 0 Å². The predicted octanol–water partition coefficient (Wildman–Crippen LogP) is 1.06. The molecule has 1 amide bonds. The highest BCUT2D eigenvalue weighted by atomic mass is 35.5. The van der Waals surface area contributed by atoms with E-state index in [1.807, 2.05) is 4.90 Å². The third-order valence-electron chi connectivity index (χ3n) is 3.53. The normalized spacial score (nSPS) is 21.1. The van der Waals surface area contributed by atoms with Crippen LogP contribution in [0.15, 0.2) is 16.9 Å². The number of anilines is 1. The minimum absolute atomic E-state index is 0.152. The zero-order valence-corrected chi connectivity index (χ0v) is 13.0. The van der Waals surface area contributed by atoms with Crippen molar-refractivity contribution >= 4 is 23.5 Å². The fraction of sp³-hybridized carbons (Fsp3) is 0.462. The summed E-state index contributed by atoms with van der Waals surface area (Å²) >= 11 is 5.81. The molecule has 22 heavy (non-hydrogen) atoms. The van der Waals surface area contributed by atoms with Crippen molar-refractivity contribution in [2.75, 3.05) is 18.0 Å². The van der Waals surface area contributed by atoms with Gasteiger partial charge in [-0.2, -0.15) is 4.98 Å². The van der Waals surface area contributed by atoms with E-state index < -0.39 is 5.54 Å². The molecule has 9 heteroatoms. The molecular formula is C13H15ClN6O2. The predicted molar refractivity (Wildman–Crippen MR) is 78.4 cm³/mol. The molecule has 3 rings (SSSR count). The maximum Gasteiger partial charge on any atom is 0.225 e. The second-order valence-electron chi connectivity index (χ2n) is 5.27. The van der Waals surface area contributed by atoms with Crippen LogP contribution < -0.4 is 10.2 Å². The summed E-state index contributed by atoms with van der Waals surface area (Å²) in [4.78, 5) is 26.3. The van der Waals surface area contributed by atoms with Crippen LogP contribution in [0, 0.1) is 6.92 Å². The molecule has 1 fully saturated rings. The van der Waals surface area contributed by atoms with Gasteiger partial charge in [-0.3, -0.25) is 4.79 Å². The summed E-state index contributed by atoms with van der Waals surface area (Å²) in [5, 5.41) is 7.40. The van der Waals surface area contributed by atoms with Crippen molar-refractivity contribution in [1.29, 1.82) is 0 Å². The zero-order valence-electron chi connectivity index (χ0n) is 12.2. The van der Waals surface area contributed by atoms with E-state index in [0.29, 0.717) is 42.2 Å². The van der Waals surface area contributed by atoms with E-state index in [1.165, 1.54) is 6.92 Å². The second kappa shape index (κ2) is 5.53. The van der Waals surface area contributed by atoms with Gasteiger partial charge < -0.3 is 14.7 Å². The first-order chi connectivity index (χ1) is 10.5. The summed E-state index contributed by atoms with van der Waals surface area (Å²) in [6.07, 6.45) is 3.72. The topological polar surface area (TPSA) is 97.0 Å². The lowest BCUT2D eigenvalue weighted by Gasteiger charge is -2.26. The molecule has 116 valence electrons. The van der Waals surface area contributed by atoms with Gasteiger partial charge in [0.15, 0.2) is 5.82 Å². The number of nitrogens with zero attached hydrogens (tertiary/aromatic N) is 5. The van der Waals surface area contributed by atoms with Gasteiger partial charge >= 0.3 is 0 Å². The summed E-state index contributed by atoms with van der Waals surface area (Å²) in [5.74, 6) is 1.33. The van der Waals surface area contributed by atoms with E-state index in [2.05, 4.69) is 25.4 Å². The Morgan fingerprint density at radius 2 is 2.18 bits per heavy atom. The summed E-state index contributed by atoms with van der Waals surface area (Å²) < 4.78 is 5.06. The lowest BCUT2D eigenvalue weighted by molar-refractivity contribution is -0.120. The number of hydrogen-bond donors (Lipinski definition) is 1. The number of aryl methyl sites for hydroxylation is 1. The second-order valence-corrected chi connectivity index (χ2v) is 5.71. The van der Waals surface area contributed by atoms with E-state index in [0.717, 1.165) is 0 Å². The number of hydrogen-bond acceptors (Lipinski definition) is 7. The lowest BCUT2D eigenvalue weighted by Crippen LogP contribution is -2.48. The van der Waals surface area contributed by atoms with Crippen LogP contribution in [0.5, 0.6) is 0 Å². The molecule has 0 radical (unpaired) electrons. The van der Waals surface area contributed by atoms with Crippen LogP contribution in [0.25, 0.3) is 0 Å². The van der Waals surface area contributed by atoms with Crippen molar-refractivity contribution in [2.24, 2.45) is 0 Å². The Bertz CT molecular complexity index is 688. The Balaban J connectivity index is 1.89. The number of nitrogens with one attached hydrogen (secondary N) is 1. The molecule has 0 unspecified atom stereocenters. The fourth-order valence-corrected chi connectivity index (χ4v) is 2.72. The Labute approximate surface area is 131 Å². The molecule has 0 bridgehead atoms. The lowest BCUT2D eigenvalue weighted by atomic mass is 9.97. The number of halogens is 1. The van der Waals surface area contributed by atoms with Crippen LogP contribution in [0.2, 0.25) is 5.02 Å². The highest BCUT2D eigenvalue weighted by molar-refractivity contribution is 6.30. The van der Waals surface area contributed by atoms with Crippen molar-refractivity contribution in [1.82, 2.24) is 25.4 Å². The minimum atomic E-state index is -0.702. The maximum absolute atomic E-state index is 11.6. The Morgan fingerprint density at radius 1 is 1.45 bits per heavy atom. The van der Waals surface area contributed by atoms with Gasteiger partial charge in [-0.25, -0.2) is 9.97 Å². The van der Waals surface area contributed by atoms with Gasteiger partial charge in [0.05, 0.1) is 24.0 Å². The molecule has 0 spiro atoms. The summed E-state index contributed by atoms with van der Waals surface area (Å²) in [6.45, 7) is 4.31. The van der Waals surface area contributed by atoms with Crippen LogP contribution in [0.3, 0.4) is 0 Å². The average Bonchev–Trinajstić information content (AvgIpc) is 3.07. The molecule has 1 N–H and O–H groups in total. The van der Waals surface area contributed by atoms with Crippen LogP contribution in [0.1, 0.15) is 25.1 Å². The van der Waals surface area contributed by atoms with Gasteiger partial charge in [-0.15, -0.1) is 0 Å². The minimum Gasteiger partial charge on any atom is -0.342 e. The van der Waals surface area contributed by atoms with Crippen LogP contribution >= 0.6 is 11.6 Å². The monoisotopic (exact) mass is 322 g/mol. The van der Waals surface area contributed by atoms with Crippen molar-refractivity contribution < 1.29 is 9.32 Å². The Morgan fingerprint density at radius 3 is 2.77 bits per heavy atom. The third-order valence-corrected chi connectivity index (χ3v) is 3.72. The smallest absolute Gasteiger partial charge is 0.225 e. The average molecular weight is 323 g/mol. The number of rotatable bonds is 3. The molecule has 3 heterocycles. The van der Waals surface area contributed by atoms with Crippen LogP contribution in [0.4, 0.5) is 5.95 Å². The molecule has 0 aromatic carbocycles. The Hall–Kier alpha value is -2.22. The van der Waals surface area contributed by atoms with E-state index in [9.17, 15) is 4.79 Å². The van der Waals surface area contributed by atoms with Gasteiger partial charge in [-0.05, 0) is 6.42 Å². The molecule has 0 saturated carbocycles. The van der Waals surface area contributed by atoms with Gasteiger partial charge in [-0.1, -0.05) is 16.8 Å². The molecular weight excluding hydrogens is 308 g/mol. The summed E-state index contributed by atoms with van der Waals surface area (Å²) in [7, 11) is 0. The number of carbonyl (C=O) groups is 1. The Kier molecular flexibility index (Phi) is 3.69. The molecule has 2 aromatic heterocycles. The summed E-state index contributed by atoms with van der Waals surface area (Å²) in [5.41, 5.74) is -0.702. The fourth-order valence-electron chi connectivity index (χ4n) is 2.62. The zero-order chi connectivity index (χ0) is 15.7. The molecule has 1 aliphatic rings. The molecule has 8 nitrogen and oxygen atoms in total. The van der Waals surface area contributed by atoms with Crippen LogP contribution in [-0.2, 0) is 10.3 Å². The quantitative estimate of drug-likeness (QED) is 0.902. The van der Waals surface area contributed by atoms with E-state index in [-0.39, 0.29) is 5.91 Å². The largest absolute Gasteiger partial charge is 0.342 e. The highest BCUT2D eigenvalue weighted by Gasteiger charge is 2.45.